The van der Waals surface area contributed by atoms with Gasteiger partial charge in [-0.25, -0.2) is 0 Å². The highest BCUT2D eigenvalue weighted by Crippen LogP contribution is 2.18. The Morgan fingerprint density at radius 3 is 1.08 bits per heavy atom. The van der Waals surface area contributed by atoms with Gasteiger partial charge in [-0.3, -0.25) is 9.59 Å². The SMILES string of the molecule is CCCCCCC/C=C\C/C=C\CCCCCCCCCCCCCCCCCCCCCCCCCCCCCC(=O)OC(COC(=O)CCCCCCCCCCC)COC(OCC[N+](C)(C)C)C(=O)[O-]. The first kappa shape index (κ1) is 70.8. The number of esters is 2. The monoisotopic (exact) mass is 1030 g/mol. The molecule has 2 unspecified atom stereocenters. The van der Waals surface area contributed by atoms with Crippen LogP contribution in [-0.2, 0) is 33.3 Å². The Hall–Kier alpha value is -2.23. The van der Waals surface area contributed by atoms with Gasteiger partial charge in [-0.15, -0.1) is 0 Å². The van der Waals surface area contributed by atoms with E-state index < -0.39 is 24.3 Å². The van der Waals surface area contributed by atoms with Crippen molar-refractivity contribution >= 4 is 17.9 Å². The molecule has 0 aliphatic carbocycles. The molecular weight excluding hydrogens is 911 g/mol. The topological polar surface area (TPSA) is 111 Å². The largest absolute Gasteiger partial charge is 0.545 e. The molecule has 0 heterocycles. The number of allylic oxidation sites excluding steroid dienone is 4. The maximum Gasteiger partial charge on any atom is 0.306 e. The van der Waals surface area contributed by atoms with Gasteiger partial charge < -0.3 is 33.3 Å². The summed E-state index contributed by atoms with van der Waals surface area (Å²) in [5, 5.41) is 11.7. The van der Waals surface area contributed by atoms with Crippen molar-refractivity contribution in [3.63, 3.8) is 0 Å². The standard InChI is InChI=1S/C64H121NO8/c1-6-8-10-12-14-16-17-18-19-20-21-22-23-24-25-26-27-28-29-30-31-32-33-34-35-36-37-38-39-40-41-42-43-44-45-47-49-51-53-55-62(67)73-60(59-72-64(63(68)69)70-57-56-65(3,4)5)58-71-61(66)54-52-50-48-46-15-13-11-9-7-2/h17-18,20-21,60,64H,6-16,19,22-59H2,1-5H3/b18-17-,21-20-. The van der Waals surface area contributed by atoms with Gasteiger partial charge in [-0.1, -0.05) is 276 Å². The van der Waals surface area contributed by atoms with E-state index in [0.29, 0.717) is 17.4 Å². The minimum Gasteiger partial charge on any atom is -0.545 e. The zero-order chi connectivity index (χ0) is 53.4. The Labute approximate surface area is 452 Å². The number of ether oxygens (including phenoxy) is 4. The Balaban J connectivity index is 3.84. The summed E-state index contributed by atoms with van der Waals surface area (Å²) in [6, 6.07) is 0. The van der Waals surface area contributed by atoms with E-state index in [2.05, 4.69) is 38.2 Å². The molecule has 73 heavy (non-hydrogen) atoms. The van der Waals surface area contributed by atoms with Crippen molar-refractivity contribution in [2.45, 2.75) is 322 Å². The average Bonchev–Trinajstić information content (AvgIpc) is 3.36. The van der Waals surface area contributed by atoms with Crippen molar-refractivity contribution in [2.75, 3.05) is 47.5 Å². The van der Waals surface area contributed by atoms with Crippen LogP contribution in [-0.4, -0.2) is 82.3 Å². The fourth-order valence-electron chi connectivity index (χ4n) is 9.33. The summed E-state index contributed by atoms with van der Waals surface area (Å²) in [5.41, 5.74) is 0. The molecule has 0 aliphatic rings. The molecule has 9 nitrogen and oxygen atoms in total. The zero-order valence-electron chi connectivity index (χ0n) is 49.0. The first-order valence-corrected chi connectivity index (χ1v) is 31.5. The lowest BCUT2D eigenvalue weighted by molar-refractivity contribution is -0.870. The van der Waals surface area contributed by atoms with E-state index in [0.717, 1.165) is 44.9 Å². The number of hydrogen-bond acceptors (Lipinski definition) is 8. The molecule has 9 heteroatoms. The normalized spacial score (nSPS) is 12.8. The number of carboxylic acids is 1. The third kappa shape index (κ3) is 57.3. The predicted molar refractivity (Wildman–Crippen MR) is 306 cm³/mol. The highest BCUT2D eigenvalue weighted by Gasteiger charge is 2.22. The van der Waals surface area contributed by atoms with E-state index in [1.54, 1.807) is 0 Å². The summed E-state index contributed by atoms with van der Waals surface area (Å²) in [6.07, 6.45) is 64.3. The van der Waals surface area contributed by atoms with Gasteiger partial charge in [0.1, 0.15) is 13.2 Å². The summed E-state index contributed by atoms with van der Waals surface area (Å²) in [4.78, 5) is 37.1. The van der Waals surface area contributed by atoms with Crippen LogP contribution in [0.1, 0.15) is 309 Å². The summed E-state index contributed by atoms with van der Waals surface area (Å²) in [7, 11) is 5.93. The summed E-state index contributed by atoms with van der Waals surface area (Å²) < 4.78 is 22.6. The van der Waals surface area contributed by atoms with Gasteiger partial charge in [-0.2, -0.15) is 0 Å². The van der Waals surface area contributed by atoms with Crippen LogP contribution in [0.15, 0.2) is 24.3 Å². The van der Waals surface area contributed by atoms with Crippen LogP contribution in [0.3, 0.4) is 0 Å². The van der Waals surface area contributed by atoms with Crippen molar-refractivity contribution in [3.8, 4) is 0 Å². The number of nitrogens with zero attached hydrogens (tertiary/aromatic N) is 1. The molecule has 0 N–H and O–H groups in total. The van der Waals surface area contributed by atoms with E-state index in [-0.39, 0.29) is 32.2 Å². The number of quaternary nitrogens is 1. The van der Waals surface area contributed by atoms with Crippen molar-refractivity contribution in [1.29, 1.82) is 0 Å². The van der Waals surface area contributed by atoms with Gasteiger partial charge in [0.05, 0.1) is 40.3 Å². The molecule has 0 aromatic carbocycles. The maximum absolute atomic E-state index is 12.8. The number of carboxylic acid groups (broad SMARTS) is 1. The van der Waals surface area contributed by atoms with Crippen LogP contribution >= 0.6 is 0 Å². The van der Waals surface area contributed by atoms with Crippen LogP contribution in [0, 0.1) is 0 Å². The summed E-state index contributed by atoms with van der Waals surface area (Å²) in [6.45, 7) is 4.75. The Morgan fingerprint density at radius 1 is 0.411 bits per heavy atom. The first-order chi connectivity index (χ1) is 35.6. The molecule has 0 saturated heterocycles. The van der Waals surface area contributed by atoms with Crippen LogP contribution in [0.25, 0.3) is 0 Å². The van der Waals surface area contributed by atoms with Gasteiger partial charge in [0.25, 0.3) is 0 Å². The zero-order valence-corrected chi connectivity index (χ0v) is 49.0. The number of unbranched alkanes of at least 4 members (excludes halogenated alkanes) is 40. The van der Waals surface area contributed by atoms with Crippen molar-refractivity contribution in [1.82, 2.24) is 0 Å². The van der Waals surface area contributed by atoms with Crippen molar-refractivity contribution in [3.05, 3.63) is 24.3 Å². The molecule has 0 spiro atoms. The van der Waals surface area contributed by atoms with Crippen molar-refractivity contribution < 1.29 is 42.9 Å². The van der Waals surface area contributed by atoms with E-state index in [1.807, 2.05) is 21.1 Å². The highest BCUT2D eigenvalue weighted by atomic mass is 16.7. The van der Waals surface area contributed by atoms with Crippen LogP contribution in [0.4, 0.5) is 0 Å². The van der Waals surface area contributed by atoms with Crippen molar-refractivity contribution in [2.24, 2.45) is 0 Å². The predicted octanol–water partition coefficient (Wildman–Crippen LogP) is 17.4. The smallest absolute Gasteiger partial charge is 0.306 e. The van der Waals surface area contributed by atoms with Crippen LogP contribution < -0.4 is 5.11 Å². The number of carbonyl (C=O) groups excluding carboxylic acids is 3. The number of rotatable bonds is 59. The van der Waals surface area contributed by atoms with E-state index in [4.69, 9.17) is 18.9 Å². The second-order valence-electron chi connectivity index (χ2n) is 22.7. The minimum absolute atomic E-state index is 0.152. The van der Waals surface area contributed by atoms with Gasteiger partial charge in [0.15, 0.2) is 12.4 Å². The van der Waals surface area contributed by atoms with Gasteiger partial charge >= 0.3 is 11.9 Å². The van der Waals surface area contributed by atoms with Crippen LogP contribution in [0.2, 0.25) is 0 Å². The first-order valence-electron chi connectivity index (χ1n) is 31.5. The third-order valence-corrected chi connectivity index (χ3v) is 14.2. The Bertz CT molecular complexity index is 1250. The molecule has 0 bridgehead atoms. The lowest BCUT2D eigenvalue weighted by atomic mass is 10.0. The fraction of sp³-hybridized carbons (Fsp3) is 0.891. The van der Waals surface area contributed by atoms with E-state index in [1.165, 1.54) is 238 Å². The summed E-state index contributed by atoms with van der Waals surface area (Å²) in [5.74, 6) is -2.26. The quantitative estimate of drug-likeness (QED) is 0.0195. The van der Waals surface area contributed by atoms with E-state index >= 15 is 0 Å². The fourth-order valence-corrected chi connectivity index (χ4v) is 9.33. The number of hydrogen-bond donors (Lipinski definition) is 0. The molecule has 0 aromatic heterocycles. The average molecular weight is 1030 g/mol. The lowest BCUT2D eigenvalue weighted by Gasteiger charge is -2.26. The number of carbonyl (C=O) groups is 3. The Morgan fingerprint density at radius 2 is 0.740 bits per heavy atom. The van der Waals surface area contributed by atoms with Gasteiger partial charge in [-0.05, 0) is 44.9 Å². The van der Waals surface area contributed by atoms with Crippen LogP contribution in [0.5, 0.6) is 0 Å². The summed E-state index contributed by atoms with van der Waals surface area (Å²) >= 11 is 0. The molecular formula is C64H121NO8. The molecule has 0 aliphatic heterocycles. The molecule has 0 rings (SSSR count). The van der Waals surface area contributed by atoms with E-state index in [9.17, 15) is 19.5 Å². The highest BCUT2D eigenvalue weighted by molar-refractivity contribution is 5.70. The molecule has 0 amide bonds. The molecule has 0 saturated carbocycles. The minimum atomic E-state index is -1.61. The third-order valence-electron chi connectivity index (χ3n) is 14.2. The molecule has 430 valence electrons. The lowest BCUT2D eigenvalue weighted by Crippen LogP contribution is -2.44. The second kappa shape index (κ2) is 56.0. The number of aliphatic carboxylic acids is 1. The second-order valence-corrected chi connectivity index (χ2v) is 22.7. The molecule has 2 atom stereocenters. The van der Waals surface area contributed by atoms with Gasteiger partial charge in [0, 0.05) is 12.8 Å². The maximum atomic E-state index is 12.8. The number of likely N-dealkylation sites (N-methyl/N-ethyl adjacent to an activating group) is 1. The molecule has 0 fully saturated rings. The molecule has 0 aromatic rings. The molecule has 0 radical (unpaired) electrons. The Kier molecular flexibility index (Phi) is 54.3. The van der Waals surface area contributed by atoms with Gasteiger partial charge in [0.2, 0.25) is 0 Å².